The van der Waals surface area contributed by atoms with Crippen LogP contribution in [0.25, 0.3) is 11.3 Å². The molecular weight excluding hydrogens is 320 g/mol. The van der Waals surface area contributed by atoms with Gasteiger partial charge in [-0.1, -0.05) is 30.3 Å². The van der Waals surface area contributed by atoms with Crippen molar-refractivity contribution in [2.24, 2.45) is 5.92 Å². The number of carboxylic acids is 1. The van der Waals surface area contributed by atoms with Crippen LogP contribution in [-0.4, -0.2) is 33.0 Å². The maximum atomic E-state index is 12.7. The SMILES string of the molecule is Nc1ncc(C(=O)NC2CCC(C(=O)O)CC2)c(-c2ccccc2)n1. The van der Waals surface area contributed by atoms with Crippen molar-refractivity contribution in [3.63, 3.8) is 0 Å². The number of amides is 1. The number of rotatable bonds is 4. The number of aliphatic carboxylic acids is 1. The van der Waals surface area contributed by atoms with Crippen LogP contribution in [-0.2, 0) is 4.79 Å². The van der Waals surface area contributed by atoms with Gasteiger partial charge in [-0.25, -0.2) is 9.97 Å². The first-order valence-corrected chi connectivity index (χ1v) is 8.26. The summed E-state index contributed by atoms with van der Waals surface area (Å²) in [7, 11) is 0. The number of nitrogens with zero attached hydrogens (tertiary/aromatic N) is 2. The Bertz CT molecular complexity index is 771. The number of anilines is 1. The van der Waals surface area contributed by atoms with E-state index in [4.69, 9.17) is 10.8 Å². The number of carboxylic acid groups (broad SMARTS) is 1. The molecule has 1 aromatic carbocycles. The van der Waals surface area contributed by atoms with Gasteiger partial charge in [0, 0.05) is 17.8 Å². The predicted octanol–water partition coefficient (Wildman–Crippen LogP) is 2.10. The van der Waals surface area contributed by atoms with Gasteiger partial charge in [0.15, 0.2) is 0 Å². The molecule has 0 saturated heterocycles. The number of carbonyl (C=O) groups is 2. The Kier molecular flexibility index (Phi) is 4.92. The van der Waals surface area contributed by atoms with Gasteiger partial charge < -0.3 is 16.2 Å². The highest BCUT2D eigenvalue weighted by Gasteiger charge is 2.27. The van der Waals surface area contributed by atoms with E-state index in [1.807, 2.05) is 30.3 Å². The number of benzene rings is 1. The smallest absolute Gasteiger partial charge is 0.306 e. The van der Waals surface area contributed by atoms with Crippen LogP contribution in [0.4, 0.5) is 5.95 Å². The lowest BCUT2D eigenvalue weighted by atomic mass is 9.86. The van der Waals surface area contributed by atoms with Gasteiger partial charge in [-0.05, 0) is 25.7 Å². The van der Waals surface area contributed by atoms with Gasteiger partial charge >= 0.3 is 5.97 Å². The summed E-state index contributed by atoms with van der Waals surface area (Å²) in [6, 6.07) is 9.29. The molecule has 130 valence electrons. The number of carbonyl (C=O) groups excluding carboxylic acids is 1. The molecule has 1 amide bonds. The van der Waals surface area contributed by atoms with Crippen LogP contribution >= 0.6 is 0 Å². The standard InChI is InChI=1S/C18H20N4O3/c19-18-20-10-14(15(22-18)11-4-2-1-3-5-11)16(23)21-13-8-6-12(7-9-13)17(24)25/h1-5,10,12-13H,6-9H2,(H,21,23)(H,24,25)(H2,19,20,22). The molecular formula is C18H20N4O3. The van der Waals surface area contributed by atoms with Gasteiger partial charge in [0.1, 0.15) is 0 Å². The van der Waals surface area contributed by atoms with Crippen molar-refractivity contribution in [2.75, 3.05) is 5.73 Å². The molecule has 1 fully saturated rings. The van der Waals surface area contributed by atoms with Crippen LogP contribution < -0.4 is 11.1 Å². The average molecular weight is 340 g/mol. The van der Waals surface area contributed by atoms with Crippen molar-refractivity contribution in [3.05, 3.63) is 42.1 Å². The second-order valence-corrected chi connectivity index (χ2v) is 6.22. The Labute approximate surface area is 145 Å². The second-order valence-electron chi connectivity index (χ2n) is 6.22. The Balaban J connectivity index is 1.76. The number of aromatic nitrogens is 2. The van der Waals surface area contributed by atoms with E-state index in [-0.39, 0.29) is 23.8 Å². The molecule has 1 aliphatic rings. The molecule has 2 aromatic rings. The fourth-order valence-corrected chi connectivity index (χ4v) is 3.13. The molecule has 0 unspecified atom stereocenters. The van der Waals surface area contributed by atoms with Gasteiger partial charge in [0.05, 0.1) is 17.2 Å². The van der Waals surface area contributed by atoms with Gasteiger partial charge in [-0.15, -0.1) is 0 Å². The molecule has 0 atom stereocenters. The first-order chi connectivity index (χ1) is 12.0. The van der Waals surface area contributed by atoms with Crippen LogP contribution in [0.5, 0.6) is 0 Å². The number of nitrogens with two attached hydrogens (primary N) is 1. The Morgan fingerprint density at radius 2 is 1.80 bits per heavy atom. The van der Waals surface area contributed by atoms with Gasteiger partial charge in [-0.2, -0.15) is 0 Å². The number of hydrogen-bond acceptors (Lipinski definition) is 5. The molecule has 1 aliphatic carbocycles. The summed E-state index contributed by atoms with van der Waals surface area (Å²) in [5.74, 6) is -1.23. The zero-order chi connectivity index (χ0) is 17.8. The van der Waals surface area contributed by atoms with Crippen LogP contribution in [0, 0.1) is 5.92 Å². The number of hydrogen-bond donors (Lipinski definition) is 3. The number of nitrogens with one attached hydrogen (secondary N) is 1. The Morgan fingerprint density at radius 1 is 1.12 bits per heavy atom. The van der Waals surface area contributed by atoms with Gasteiger partial charge in [0.2, 0.25) is 5.95 Å². The van der Waals surface area contributed by atoms with Crippen LogP contribution in [0.2, 0.25) is 0 Å². The Morgan fingerprint density at radius 3 is 2.44 bits per heavy atom. The van der Waals surface area contributed by atoms with E-state index in [1.54, 1.807) is 0 Å². The van der Waals surface area contributed by atoms with E-state index >= 15 is 0 Å². The zero-order valence-electron chi connectivity index (χ0n) is 13.7. The van der Waals surface area contributed by atoms with E-state index in [0.29, 0.717) is 36.9 Å². The normalized spacial score (nSPS) is 20.0. The van der Waals surface area contributed by atoms with E-state index in [1.165, 1.54) is 6.20 Å². The summed E-state index contributed by atoms with van der Waals surface area (Å²) >= 11 is 0. The summed E-state index contributed by atoms with van der Waals surface area (Å²) < 4.78 is 0. The summed E-state index contributed by atoms with van der Waals surface area (Å²) in [5, 5.41) is 12.0. The molecule has 7 nitrogen and oxygen atoms in total. The van der Waals surface area contributed by atoms with Crippen LogP contribution in [0.3, 0.4) is 0 Å². The minimum Gasteiger partial charge on any atom is -0.481 e. The second kappa shape index (κ2) is 7.29. The van der Waals surface area contributed by atoms with Crippen molar-refractivity contribution in [1.29, 1.82) is 0 Å². The van der Waals surface area contributed by atoms with Crippen LogP contribution in [0.15, 0.2) is 36.5 Å². The largest absolute Gasteiger partial charge is 0.481 e. The molecule has 1 saturated carbocycles. The lowest BCUT2D eigenvalue weighted by Crippen LogP contribution is -2.39. The van der Waals surface area contributed by atoms with Crippen molar-refractivity contribution < 1.29 is 14.7 Å². The van der Waals surface area contributed by atoms with E-state index in [0.717, 1.165) is 5.56 Å². The lowest BCUT2D eigenvalue weighted by molar-refractivity contribution is -0.142. The summed E-state index contributed by atoms with van der Waals surface area (Å²) in [6.07, 6.45) is 3.88. The molecule has 4 N–H and O–H groups in total. The Hall–Kier alpha value is -2.96. The molecule has 3 rings (SSSR count). The first-order valence-electron chi connectivity index (χ1n) is 8.26. The third-order valence-corrected chi connectivity index (χ3v) is 4.51. The molecule has 1 heterocycles. The molecule has 7 heteroatoms. The topological polar surface area (TPSA) is 118 Å². The maximum absolute atomic E-state index is 12.7. The molecule has 25 heavy (non-hydrogen) atoms. The lowest BCUT2D eigenvalue weighted by Gasteiger charge is -2.27. The maximum Gasteiger partial charge on any atom is 0.306 e. The highest BCUT2D eigenvalue weighted by atomic mass is 16.4. The average Bonchev–Trinajstić information content (AvgIpc) is 2.62. The predicted molar refractivity (Wildman–Crippen MR) is 92.7 cm³/mol. The summed E-state index contributed by atoms with van der Waals surface area (Å²) in [5.41, 5.74) is 7.32. The van der Waals surface area contributed by atoms with Crippen molar-refractivity contribution in [2.45, 2.75) is 31.7 Å². The minimum absolute atomic E-state index is 0.0377. The van der Waals surface area contributed by atoms with E-state index < -0.39 is 5.97 Å². The monoisotopic (exact) mass is 340 g/mol. The quantitative estimate of drug-likeness (QED) is 0.784. The van der Waals surface area contributed by atoms with Crippen molar-refractivity contribution >= 4 is 17.8 Å². The van der Waals surface area contributed by atoms with E-state index in [9.17, 15) is 9.59 Å². The van der Waals surface area contributed by atoms with Crippen molar-refractivity contribution in [1.82, 2.24) is 15.3 Å². The minimum atomic E-state index is -0.761. The third-order valence-electron chi connectivity index (χ3n) is 4.51. The van der Waals surface area contributed by atoms with Crippen LogP contribution in [0.1, 0.15) is 36.0 Å². The molecule has 0 spiro atoms. The van der Waals surface area contributed by atoms with Gasteiger partial charge in [-0.3, -0.25) is 9.59 Å². The molecule has 1 aromatic heterocycles. The third kappa shape index (κ3) is 3.93. The highest BCUT2D eigenvalue weighted by molar-refractivity contribution is 6.00. The summed E-state index contributed by atoms with van der Waals surface area (Å²) in [4.78, 5) is 31.9. The molecule has 0 bridgehead atoms. The first kappa shape index (κ1) is 16.9. The van der Waals surface area contributed by atoms with E-state index in [2.05, 4.69) is 15.3 Å². The number of nitrogen functional groups attached to an aromatic ring is 1. The fraction of sp³-hybridized carbons (Fsp3) is 0.333. The highest BCUT2D eigenvalue weighted by Crippen LogP contribution is 2.26. The van der Waals surface area contributed by atoms with Crippen molar-refractivity contribution in [3.8, 4) is 11.3 Å². The zero-order valence-corrected chi connectivity index (χ0v) is 13.7. The summed E-state index contributed by atoms with van der Waals surface area (Å²) in [6.45, 7) is 0. The fourth-order valence-electron chi connectivity index (χ4n) is 3.13. The molecule has 0 aliphatic heterocycles. The van der Waals surface area contributed by atoms with Gasteiger partial charge in [0.25, 0.3) is 5.91 Å². The molecule has 0 radical (unpaired) electrons.